The lowest BCUT2D eigenvalue weighted by atomic mass is 10.2. The third kappa shape index (κ3) is 28.2. The van der Waals surface area contributed by atoms with Gasteiger partial charge in [0.1, 0.15) is 0 Å². The van der Waals surface area contributed by atoms with E-state index >= 15 is 0 Å². The molecule has 0 saturated carbocycles. The summed E-state index contributed by atoms with van der Waals surface area (Å²) in [6.45, 7) is 20.8. The van der Waals surface area contributed by atoms with Gasteiger partial charge in [-0.05, 0) is 80.7 Å². The minimum absolute atomic E-state index is 0.148. The highest BCUT2D eigenvalue weighted by molar-refractivity contribution is 4.70. The molecule has 0 radical (unpaired) electrons. The first kappa shape index (κ1) is 47.5. The van der Waals surface area contributed by atoms with E-state index in [4.69, 9.17) is 28.4 Å². The van der Waals surface area contributed by atoms with E-state index in [-0.39, 0.29) is 50.8 Å². The van der Waals surface area contributed by atoms with Gasteiger partial charge in [0.25, 0.3) is 0 Å². The lowest BCUT2D eigenvalue weighted by Gasteiger charge is -2.27. The Morgan fingerprint density at radius 1 is 0.417 bits per heavy atom. The summed E-state index contributed by atoms with van der Waals surface area (Å²) in [6.07, 6.45) is -0.207. The Morgan fingerprint density at radius 2 is 0.729 bits per heavy atom. The zero-order valence-corrected chi connectivity index (χ0v) is 31.9. The summed E-state index contributed by atoms with van der Waals surface area (Å²) >= 11 is 0. The first-order valence-corrected chi connectivity index (χ1v) is 18.2. The number of hydrogen-bond acceptors (Lipinski definition) is 13. The Hall–Kier alpha value is -0.520. The molecule has 48 heavy (non-hydrogen) atoms. The molecule has 0 aliphatic heterocycles. The fourth-order valence-corrected chi connectivity index (χ4v) is 5.13. The fourth-order valence-electron chi connectivity index (χ4n) is 5.13. The van der Waals surface area contributed by atoms with Gasteiger partial charge in [0.15, 0.2) is 0 Å². The smallest absolute Gasteiger partial charge is 0.0900 e. The average molecular weight is 698 g/mol. The summed E-state index contributed by atoms with van der Waals surface area (Å²) in [6, 6.07) is 0. The normalized spacial score (nSPS) is 17.5. The topological polar surface area (TPSA) is 146 Å². The van der Waals surface area contributed by atoms with Gasteiger partial charge in [0.05, 0.1) is 102 Å². The summed E-state index contributed by atoms with van der Waals surface area (Å²) in [5.41, 5.74) is 0. The van der Waals surface area contributed by atoms with Crippen LogP contribution in [0.5, 0.6) is 0 Å². The van der Waals surface area contributed by atoms with E-state index in [1.165, 1.54) is 0 Å². The van der Waals surface area contributed by atoms with E-state index in [0.717, 1.165) is 38.9 Å². The minimum Gasteiger partial charge on any atom is -0.389 e. The van der Waals surface area contributed by atoms with E-state index in [1.807, 2.05) is 46.7 Å². The van der Waals surface area contributed by atoms with Crippen molar-refractivity contribution < 1.29 is 48.8 Å². The van der Waals surface area contributed by atoms with Gasteiger partial charge in [0, 0.05) is 26.2 Å². The molecule has 0 aromatic carbocycles. The van der Waals surface area contributed by atoms with Crippen LogP contribution < -0.4 is 0 Å². The molecule has 0 fully saturated rings. The largest absolute Gasteiger partial charge is 0.389 e. The molecular formula is C35H75N3O10. The highest BCUT2D eigenvalue weighted by Crippen LogP contribution is 2.05. The van der Waals surface area contributed by atoms with Crippen LogP contribution in [-0.2, 0) is 28.4 Å². The average Bonchev–Trinajstić information content (AvgIpc) is 3.01. The van der Waals surface area contributed by atoms with Gasteiger partial charge in [-0.15, -0.1) is 0 Å². The molecule has 8 atom stereocenters. The van der Waals surface area contributed by atoms with Crippen LogP contribution in [0, 0.1) is 0 Å². The van der Waals surface area contributed by atoms with E-state index in [2.05, 4.69) is 30.6 Å². The maximum absolute atomic E-state index is 10.6. The summed E-state index contributed by atoms with van der Waals surface area (Å²) < 4.78 is 34.5. The second-order valence-corrected chi connectivity index (χ2v) is 13.6. The highest BCUT2D eigenvalue weighted by Gasteiger charge is 2.18. The highest BCUT2D eigenvalue weighted by atomic mass is 16.6. The minimum atomic E-state index is -0.712. The van der Waals surface area contributed by atoms with Crippen LogP contribution >= 0.6 is 0 Å². The molecule has 0 aliphatic carbocycles. The van der Waals surface area contributed by atoms with Crippen LogP contribution in [0.25, 0.3) is 0 Å². The van der Waals surface area contributed by atoms with Crippen LogP contribution in [0.1, 0.15) is 67.7 Å². The van der Waals surface area contributed by atoms with Crippen molar-refractivity contribution in [2.24, 2.45) is 0 Å². The molecule has 0 rings (SSSR count). The van der Waals surface area contributed by atoms with Crippen molar-refractivity contribution in [2.45, 2.75) is 117 Å². The van der Waals surface area contributed by atoms with Gasteiger partial charge in [-0.3, -0.25) is 4.90 Å². The predicted molar refractivity (Wildman–Crippen MR) is 190 cm³/mol. The molecule has 13 nitrogen and oxygen atoms in total. The standard InChI is InChI=1S/C35H75N3O10/c1-10-13-36(8)16-32(39)24-43-20-28(4)46-23-31(7)48-27-35(42)19-38(15-12-3)18-34(41)25-44-21-29(5)45-22-30(6)47-26-33(40)17-37(9)14-11-2/h28-35,39-42H,10-27H2,1-9H3. The predicted octanol–water partition coefficient (Wildman–Crippen LogP) is 1.48. The van der Waals surface area contributed by atoms with Crippen molar-refractivity contribution in [3.8, 4) is 0 Å². The number of aliphatic hydroxyl groups excluding tert-OH is 4. The summed E-state index contributed by atoms with van der Waals surface area (Å²) in [5, 5.41) is 41.4. The zero-order valence-electron chi connectivity index (χ0n) is 31.9. The molecule has 290 valence electrons. The van der Waals surface area contributed by atoms with Crippen molar-refractivity contribution >= 4 is 0 Å². The molecule has 0 aromatic rings. The van der Waals surface area contributed by atoms with E-state index in [9.17, 15) is 20.4 Å². The quantitative estimate of drug-likeness (QED) is 0.0771. The first-order valence-electron chi connectivity index (χ1n) is 18.2. The molecule has 0 saturated heterocycles. The number of likely N-dealkylation sites (N-methyl/N-ethyl adjacent to an activating group) is 2. The Balaban J connectivity index is 4.18. The van der Waals surface area contributed by atoms with Gasteiger partial charge in [-0.2, -0.15) is 0 Å². The SMILES string of the molecule is CCCN(C)CC(O)COCC(C)OCC(C)OCC(O)CN(CCC)CC(O)COCC(C)OCC(C)OCC(O)CN(C)CCC. The number of rotatable bonds is 34. The number of nitrogens with zero attached hydrogens (tertiary/aromatic N) is 3. The molecule has 4 N–H and O–H groups in total. The van der Waals surface area contributed by atoms with Crippen LogP contribution in [0.3, 0.4) is 0 Å². The van der Waals surface area contributed by atoms with Crippen molar-refractivity contribution in [3.63, 3.8) is 0 Å². The maximum atomic E-state index is 10.6. The third-order valence-corrected chi connectivity index (χ3v) is 7.44. The molecule has 0 amide bonds. The molecule has 8 unspecified atom stereocenters. The van der Waals surface area contributed by atoms with Gasteiger partial charge in [-0.25, -0.2) is 0 Å². The van der Waals surface area contributed by atoms with Gasteiger partial charge < -0.3 is 58.6 Å². The van der Waals surface area contributed by atoms with Crippen LogP contribution in [-0.4, -0.2) is 197 Å². The van der Waals surface area contributed by atoms with E-state index in [0.29, 0.717) is 52.6 Å². The summed E-state index contributed by atoms with van der Waals surface area (Å²) in [4.78, 5) is 6.19. The number of aliphatic hydroxyl groups is 4. The van der Waals surface area contributed by atoms with Crippen LogP contribution in [0.2, 0.25) is 0 Å². The maximum Gasteiger partial charge on any atom is 0.0900 e. The summed E-state index contributed by atoms with van der Waals surface area (Å²) in [7, 11) is 3.97. The molecule has 0 bridgehead atoms. The molecule has 0 aromatic heterocycles. The Labute approximate surface area is 292 Å². The molecule has 0 heterocycles. The van der Waals surface area contributed by atoms with Crippen molar-refractivity contribution in [2.75, 3.05) is 113 Å². The van der Waals surface area contributed by atoms with Crippen LogP contribution in [0.15, 0.2) is 0 Å². The number of ether oxygens (including phenoxy) is 6. The fraction of sp³-hybridized carbons (Fsp3) is 1.00. The van der Waals surface area contributed by atoms with Gasteiger partial charge in [0.2, 0.25) is 0 Å². The van der Waals surface area contributed by atoms with Crippen molar-refractivity contribution in [1.29, 1.82) is 0 Å². The molecule has 0 spiro atoms. The van der Waals surface area contributed by atoms with Gasteiger partial charge >= 0.3 is 0 Å². The van der Waals surface area contributed by atoms with Crippen molar-refractivity contribution in [1.82, 2.24) is 14.7 Å². The second kappa shape index (κ2) is 30.1. The van der Waals surface area contributed by atoms with Crippen molar-refractivity contribution in [3.05, 3.63) is 0 Å². The Bertz CT molecular complexity index is 716. The Morgan fingerprint density at radius 3 is 1.12 bits per heavy atom. The Kier molecular flexibility index (Phi) is 29.8. The molecule has 0 aliphatic rings. The second-order valence-electron chi connectivity index (χ2n) is 13.6. The van der Waals surface area contributed by atoms with Gasteiger partial charge in [-0.1, -0.05) is 20.8 Å². The lowest BCUT2D eigenvalue weighted by Crippen LogP contribution is -2.42. The lowest BCUT2D eigenvalue weighted by molar-refractivity contribution is -0.0853. The van der Waals surface area contributed by atoms with Crippen LogP contribution in [0.4, 0.5) is 0 Å². The molecular weight excluding hydrogens is 622 g/mol. The van der Waals surface area contributed by atoms with E-state index in [1.54, 1.807) is 0 Å². The van der Waals surface area contributed by atoms with E-state index < -0.39 is 24.4 Å². The number of hydrogen-bond donors (Lipinski definition) is 4. The summed E-state index contributed by atoms with van der Waals surface area (Å²) in [5.74, 6) is 0. The zero-order chi connectivity index (χ0) is 36.3. The third-order valence-electron chi connectivity index (χ3n) is 7.44. The monoisotopic (exact) mass is 698 g/mol. The first-order chi connectivity index (χ1) is 22.8. The molecule has 13 heteroatoms.